The van der Waals surface area contributed by atoms with Crippen molar-refractivity contribution in [1.82, 2.24) is 9.97 Å². The molecule has 102 valence electrons. The smallest absolute Gasteiger partial charge is 0.223 e. The van der Waals surface area contributed by atoms with Gasteiger partial charge in [0.05, 0.1) is 12.5 Å². The van der Waals surface area contributed by atoms with Crippen molar-refractivity contribution in [2.45, 2.75) is 26.2 Å². The molecule has 0 saturated heterocycles. The van der Waals surface area contributed by atoms with Crippen molar-refractivity contribution < 1.29 is 4.74 Å². The number of halogens is 1. The van der Waals surface area contributed by atoms with E-state index >= 15 is 0 Å². The molecule has 1 aromatic heterocycles. The zero-order valence-electron chi connectivity index (χ0n) is 11.1. The van der Waals surface area contributed by atoms with Gasteiger partial charge in [-0.1, -0.05) is 19.1 Å². The summed E-state index contributed by atoms with van der Waals surface area (Å²) in [6.45, 7) is 2.08. The van der Waals surface area contributed by atoms with Gasteiger partial charge in [-0.3, -0.25) is 0 Å². The van der Waals surface area contributed by atoms with E-state index in [0.717, 1.165) is 24.2 Å². The second-order valence-electron chi connectivity index (χ2n) is 4.28. The molecule has 0 bridgehead atoms. The van der Waals surface area contributed by atoms with E-state index < -0.39 is 0 Å². The van der Waals surface area contributed by atoms with E-state index in [1.54, 1.807) is 6.07 Å². The molecule has 0 radical (unpaired) electrons. The first-order chi connectivity index (χ1) is 9.71. The van der Waals surface area contributed by atoms with Crippen molar-refractivity contribution in [1.29, 1.82) is 5.26 Å². The molecular formula is C15H14BrN3O. The molecule has 4 nitrogen and oxygen atoms in total. The minimum atomic E-state index is 0.403. The summed E-state index contributed by atoms with van der Waals surface area (Å²) in [5.41, 5.74) is 0.968. The van der Waals surface area contributed by atoms with Gasteiger partial charge in [-0.2, -0.15) is 10.2 Å². The Morgan fingerprint density at radius 3 is 2.65 bits per heavy atom. The third-order valence-corrected chi connectivity index (χ3v) is 3.03. The van der Waals surface area contributed by atoms with E-state index in [9.17, 15) is 0 Å². The molecular weight excluding hydrogens is 318 g/mol. The first-order valence-electron chi connectivity index (χ1n) is 6.38. The van der Waals surface area contributed by atoms with E-state index in [2.05, 4.69) is 38.9 Å². The molecule has 0 unspecified atom stereocenters. The zero-order chi connectivity index (χ0) is 14.4. The molecule has 20 heavy (non-hydrogen) atoms. The summed E-state index contributed by atoms with van der Waals surface area (Å²) >= 11 is 3.36. The number of benzene rings is 1. The maximum absolute atomic E-state index is 8.63. The fraction of sp³-hybridized carbons (Fsp3) is 0.267. The molecule has 2 rings (SSSR count). The second kappa shape index (κ2) is 7.01. The van der Waals surface area contributed by atoms with Crippen molar-refractivity contribution in [3.8, 4) is 17.7 Å². The predicted molar refractivity (Wildman–Crippen MR) is 79.6 cm³/mol. The van der Waals surface area contributed by atoms with Crippen molar-refractivity contribution in [2.75, 3.05) is 0 Å². The molecule has 0 fully saturated rings. The molecule has 0 atom stereocenters. The summed E-state index contributed by atoms with van der Waals surface area (Å²) in [7, 11) is 0. The van der Waals surface area contributed by atoms with Crippen LogP contribution in [-0.2, 0) is 12.8 Å². The first-order valence-corrected chi connectivity index (χ1v) is 7.17. The normalized spacial score (nSPS) is 10.1. The van der Waals surface area contributed by atoms with Gasteiger partial charge in [0.2, 0.25) is 5.88 Å². The summed E-state index contributed by atoms with van der Waals surface area (Å²) in [4.78, 5) is 8.65. The van der Waals surface area contributed by atoms with Crippen LogP contribution in [0.25, 0.3) is 0 Å². The Morgan fingerprint density at radius 1 is 1.25 bits per heavy atom. The average Bonchev–Trinajstić information content (AvgIpc) is 2.41. The van der Waals surface area contributed by atoms with Crippen LogP contribution in [0.3, 0.4) is 0 Å². The van der Waals surface area contributed by atoms with Crippen molar-refractivity contribution in [2.24, 2.45) is 0 Å². The van der Waals surface area contributed by atoms with Crippen molar-refractivity contribution in [3.63, 3.8) is 0 Å². The van der Waals surface area contributed by atoms with Gasteiger partial charge >= 0.3 is 0 Å². The van der Waals surface area contributed by atoms with Crippen LogP contribution in [-0.4, -0.2) is 9.97 Å². The van der Waals surface area contributed by atoms with Gasteiger partial charge in [0.1, 0.15) is 16.2 Å². The lowest BCUT2D eigenvalue weighted by molar-refractivity contribution is 0.457. The minimum absolute atomic E-state index is 0.403. The zero-order valence-corrected chi connectivity index (χ0v) is 12.7. The number of aryl methyl sites for hydroxylation is 1. The van der Waals surface area contributed by atoms with E-state index in [1.807, 2.05) is 24.3 Å². The first kappa shape index (κ1) is 14.5. The lowest BCUT2D eigenvalue weighted by Crippen LogP contribution is -1.97. The largest absolute Gasteiger partial charge is 0.439 e. The van der Waals surface area contributed by atoms with Crippen LogP contribution in [0.15, 0.2) is 34.9 Å². The highest BCUT2D eigenvalue weighted by molar-refractivity contribution is 9.10. The highest BCUT2D eigenvalue weighted by atomic mass is 79.9. The quantitative estimate of drug-likeness (QED) is 0.775. The van der Waals surface area contributed by atoms with Gasteiger partial charge in [0.25, 0.3) is 0 Å². The topological polar surface area (TPSA) is 58.8 Å². The van der Waals surface area contributed by atoms with Gasteiger partial charge in [-0.25, -0.2) is 4.98 Å². The van der Waals surface area contributed by atoms with Gasteiger partial charge in [0.15, 0.2) is 0 Å². The third kappa shape index (κ3) is 4.04. The second-order valence-corrected chi connectivity index (χ2v) is 5.09. The van der Waals surface area contributed by atoms with Crippen LogP contribution >= 0.6 is 15.9 Å². The summed E-state index contributed by atoms with van der Waals surface area (Å²) in [6, 6.07) is 11.3. The highest BCUT2D eigenvalue weighted by Gasteiger charge is 2.05. The van der Waals surface area contributed by atoms with Crippen LogP contribution in [0.4, 0.5) is 0 Å². The lowest BCUT2D eigenvalue weighted by atomic mass is 10.2. The maximum Gasteiger partial charge on any atom is 0.223 e. The van der Waals surface area contributed by atoms with Gasteiger partial charge < -0.3 is 4.74 Å². The van der Waals surface area contributed by atoms with Crippen molar-refractivity contribution >= 4 is 15.9 Å². The fourth-order valence-corrected chi connectivity index (χ4v) is 2.12. The Morgan fingerprint density at radius 2 is 2.00 bits per heavy atom. The molecule has 5 heteroatoms. The molecule has 0 aliphatic rings. The van der Waals surface area contributed by atoms with E-state index in [4.69, 9.17) is 10.00 Å². The summed E-state index contributed by atoms with van der Waals surface area (Å²) in [6.07, 6.45) is 2.20. The standard InChI is InChI=1S/C15H14BrN3O/c1-2-3-14-18-13(16)10-15(19-14)20-12-6-4-11(5-7-12)8-9-17/h4-7,10H,2-3,8H2,1H3. The molecule has 2 aromatic rings. The van der Waals surface area contributed by atoms with Crippen molar-refractivity contribution in [3.05, 3.63) is 46.3 Å². The summed E-state index contributed by atoms with van der Waals surface area (Å²) in [5.74, 6) is 1.97. The van der Waals surface area contributed by atoms with E-state index in [-0.39, 0.29) is 0 Å². The number of aromatic nitrogens is 2. The number of nitriles is 1. The highest BCUT2D eigenvalue weighted by Crippen LogP contribution is 2.22. The molecule has 0 saturated carbocycles. The van der Waals surface area contributed by atoms with Gasteiger partial charge in [0, 0.05) is 12.5 Å². The van der Waals surface area contributed by atoms with Gasteiger partial charge in [-0.15, -0.1) is 0 Å². The molecule has 0 aliphatic heterocycles. The monoisotopic (exact) mass is 331 g/mol. The number of hydrogen-bond donors (Lipinski definition) is 0. The summed E-state index contributed by atoms with van der Waals surface area (Å²) in [5, 5.41) is 8.63. The van der Waals surface area contributed by atoms with Crippen LogP contribution in [0.5, 0.6) is 11.6 Å². The predicted octanol–water partition coefficient (Wildman–Crippen LogP) is 4.05. The molecule has 1 aromatic carbocycles. The van der Waals surface area contributed by atoms with Crippen LogP contribution in [0.2, 0.25) is 0 Å². The SMILES string of the molecule is CCCc1nc(Br)cc(Oc2ccc(CC#N)cc2)n1. The lowest BCUT2D eigenvalue weighted by Gasteiger charge is -2.07. The van der Waals surface area contributed by atoms with Crippen LogP contribution < -0.4 is 4.74 Å². The van der Waals surface area contributed by atoms with Gasteiger partial charge in [-0.05, 0) is 40.0 Å². The molecule has 0 amide bonds. The number of rotatable bonds is 5. The minimum Gasteiger partial charge on any atom is -0.439 e. The number of hydrogen-bond acceptors (Lipinski definition) is 4. The summed E-state index contributed by atoms with van der Waals surface area (Å²) < 4.78 is 6.43. The Kier molecular flexibility index (Phi) is 5.08. The maximum atomic E-state index is 8.63. The molecule has 0 spiro atoms. The van der Waals surface area contributed by atoms with E-state index in [0.29, 0.717) is 22.7 Å². The average molecular weight is 332 g/mol. The Balaban J connectivity index is 2.14. The number of nitrogens with zero attached hydrogens (tertiary/aromatic N) is 3. The molecule has 1 heterocycles. The van der Waals surface area contributed by atoms with E-state index in [1.165, 1.54) is 0 Å². The van der Waals surface area contributed by atoms with Crippen LogP contribution in [0, 0.1) is 11.3 Å². The fourth-order valence-electron chi connectivity index (χ4n) is 1.72. The number of ether oxygens (including phenoxy) is 1. The molecule has 0 N–H and O–H groups in total. The Bertz CT molecular complexity index is 620. The Labute approximate surface area is 126 Å². The van der Waals surface area contributed by atoms with Crippen LogP contribution in [0.1, 0.15) is 24.7 Å². The Hall–Kier alpha value is -1.93. The molecule has 0 aliphatic carbocycles. The third-order valence-electron chi connectivity index (χ3n) is 2.62.